The molecule has 0 aliphatic rings. The van der Waals surface area contributed by atoms with Crippen LogP contribution in [0.15, 0.2) is 24.4 Å². The second-order valence-electron chi connectivity index (χ2n) is 1.52. The number of hydrogen-bond donors (Lipinski definition) is 1. The van der Waals surface area contributed by atoms with Crippen molar-refractivity contribution >= 4 is 30.7 Å². The van der Waals surface area contributed by atoms with E-state index in [1.54, 1.807) is 12.1 Å². The van der Waals surface area contributed by atoms with E-state index in [9.17, 15) is 4.79 Å². The predicted molar refractivity (Wildman–Crippen MR) is 48.3 cm³/mol. The van der Waals surface area contributed by atoms with Crippen LogP contribution in [0.25, 0.3) is 0 Å². The number of pyridine rings is 1. The number of hydrogen-bond acceptors (Lipinski definition) is 3. The maximum atomic E-state index is 10.1. The summed E-state index contributed by atoms with van der Waals surface area (Å²) in [5.74, 6) is -0.990. The Bertz CT molecular complexity index is 227. The molecule has 0 amide bonds. The quantitative estimate of drug-likeness (QED) is 0.656. The van der Waals surface area contributed by atoms with Crippen LogP contribution in [0.5, 0.6) is 0 Å². The molecule has 66 valence electrons. The summed E-state index contributed by atoms with van der Waals surface area (Å²) in [6, 6.07) is 4.76. The van der Waals surface area contributed by atoms with E-state index >= 15 is 0 Å². The Balaban J connectivity index is 0. The Morgan fingerprint density at radius 1 is 1.42 bits per heavy atom. The summed E-state index contributed by atoms with van der Waals surface area (Å²) in [5.41, 5.74) is 0.0810. The minimum absolute atomic E-state index is 0. The molecule has 0 bridgehead atoms. The van der Waals surface area contributed by atoms with E-state index in [2.05, 4.69) is 4.98 Å². The molecule has 0 saturated carbocycles. The van der Waals surface area contributed by atoms with E-state index in [-0.39, 0.29) is 23.6 Å². The van der Waals surface area contributed by atoms with E-state index in [4.69, 9.17) is 9.90 Å². The van der Waals surface area contributed by atoms with Crippen LogP contribution in [-0.2, 0) is 4.79 Å². The summed E-state index contributed by atoms with van der Waals surface area (Å²) in [6.45, 7) is 2.00. The average Bonchev–Trinajstić information content (AvgIpc) is 2.10. The Morgan fingerprint density at radius 3 is 2.25 bits per heavy atom. The topological polar surface area (TPSA) is 67.3 Å². The van der Waals surface area contributed by atoms with Gasteiger partial charge < -0.3 is 9.90 Å². The zero-order valence-electron chi connectivity index (χ0n) is 6.43. The van der Waals surface area contributed by atoms with Crippen molar-refractivity contribution < 1.29 is 14.7 Å². The number of aromatic nitrogens is 1. The molecule has 1 unspecified atom stereocenters. The van der Waals surface area contributed by atoms with Gasteiger partial charge in [-0.3, -0.25) is 0 Å². The number of carbonyl (C=O) groups excluding carboxylic acids is 1. The number of carbonyl (C=O) groups is 2. The van der Waals surface area contributed by atoms with Crippen molar-refractivity contribution in [3.63, 3.8) is 0 Å². The molecule has 1 rings (SSSR count). The Morgan fingerprint density at radius 2 is 2.00 bits per heavy atom. The van der Waals surface area contributed by atoms with Gasteiger partial charge in [-0.05, 0) is 12.1 Å². The number of carboxylic acid groups (broad SMARTS) is 1. The second kappa shape index (κ2) is 7.95. The number of aromatic carboxylic acids is 1. The van der Waals surface area contributed by atoms with E-state index < -0.39 is 5.97 Å². The standard InChI is InChI=1S/C6H5NO2.CH2O.AsH3/c8-6(9)5-3-1-2-4-7-5;1-2;/h1-4H,(H,8,9);1H2;1H3. The molecule has 0 spiro atoms. The van der Waals surface area contributed by atoms with E-state index in [0.717, 1.165) is 0 Å². The van der Waals surface area contributed by atoms with Crippen LogP contribution in [0.2, 0.25) is 0 Å². The van der Waals surface area contributed by atoms with Crippen molar-refractivity contribution in [1.29, 1.82) is 0 Å². The first kappa shape index (κ1) is 13.4. The third kappa shape index (κ3) is 4.63. The van der Waals surface area contributed by atoms with Gasteiger partial charge in [-0.2, -0.15) is 0 Å². The summed E-state index contributed by atoms with van der Waals surface area (Å²) >= 11 is 0. The molecule has 0 aliphatic heterocycles. The Labute approximate surface area is 80.9 Å². The van der Waals surface area contributed by atoms with Gasteiger partial charge >= 0.3 is 23.9 Å². The van der Waals surface area contributed by atoms with Crippen LogP contribution >= 0.6 is 0 Å². The summed E-state index contributed by atoms with van der Waals surface area (Å²) < 4.78 is 0. The molecule has 1 N–H and O–H groups in total. The monoisotopic (exact) mass is 231 g/mol. The van der Waals surface area contributed by atoms with Crippen molar-refractivity contribution in [2.45, 2.75) is 0 Å². The van der Waals surface area contributed by atoms with Crippen LogP contribution in [-0.4, -0.2) is 40.8 Å². The van der Waals surface area contributed by atoms with Gasteiger partial charge in [0.15, 0.2) is 0 Å². The molecule has 0 aromatic carbocycles. The van der Waals surface area contributed by atoms with Gasteiger partial charge in [0.05, 0.1) is 0 Å². The number of carboxylic acids is 1. The number of nitrogens with zero attached hydrogens (tertiary/aromatic N) is 1. The molecular formula is C7H10AsNO3. The summed E-state index contributed by atoms with van der Waals surface area (Å²) in [5, 5.41) is 8.32. The van der Waals surface area contributed by atoms with Gasteiger partial charge in [-0.15, -0.1) is 0 Å². The van der Waals surface area contributed by atoms with Gasteiger partial charge in [-0.1, -0.05) is 6.07 Å². The van der Waals surface area contributed by atoms with Gasteiger partial charge in [0.2, 0.25) is 0 Å². The first-order chi connectivity index (χ1) is 5.30. The summed E-state index contributed by atoms with van der Waals surface area (Å²) in [6.07, 6.45) is 1.45. The number of rotatable bonds is 1. The van der Waals surface area contributed by atoms with Gasteiger partial charge in [0, 0.05) is 6.20 Å². The third-order valence-corrected chi connectivity index (χ3v) is 0.884. The molecule has 5 heteroatoms. The fraction of sp³-hybridized carbons (Fsp3) is 0. The summed E-state index contributed by atoms with van der Waals surface area (Å²) in [4.78, 5) is 21.7. The van der Waals surface area contributed by atoms with Crippen LogP contribution in [0, 0.1) is 0 Å². The third-order valence-electron chi connectivity index (χ3n) is 0.884. The molecule has 0 fully saturated rings. The van der Waals surface area contributed by atoms with Crippen LogP contribution in [0.3, 0.4) is 0 Å². The molecule has 0 saturated heterocycles. The zero-order chi connectivity index (χ0) is 8.69. The van der Waals surface area contributed by atoms with Gasteiger partial charge in [0.25, 0.3) is 0 Å². The molecule has 4 nitrogen and oxygen atoms in total. The first-order valence-corrected chi connectivity index (χ1v) is 2.74. The normalized spacial score (nSPS) is 7.00. The van der Waals surface area contributed by atoms with E-state index in [1.807, 2.05) is 6.79 Å². The van der Waals surface area contributed by atoms with Crippen molar-refractivity contribution in [2.24, 2.45) is 0 Å². The van der Waals surface area contributed by atoms with Crippen LogP contribution in [0.1, 0.15) is 10.5 Å². The predicted octanol–water partition coefficient (Wildman–Crippen LogP) is -0.589. The van der Waals surface area contributed by atoms with E-state index in [0.29, 0.717) is 0 Å². The van der Waals surface area contributed by atoms with Crippen molar-refractivity contribution in [3.05, 3.63) is 30.1 Å². The Kier molecular flexibility index (Phi) is 8.90. The van der Waals surface area contributed by atoms with Crippen LogP contribution in [0.4, 0.5) is 0 Å². The first-order valence-electron chi connectivity index (χ1n) is 2.74. The minimum atomic E-state index is -0.990. The van der Waals surface area contributed by atoms with Crippen molar-refractivity contribution in [1.82, 2.24) is 4.98 Å². The second-order valence-corrected chi connectivity index (χ2v) is 1.52. The fourth-order valence-corrected chi connectivity index (χ4v) is 0.489. The van der Waals surface area contributed by atoms with Crippen molar-refractivity contribution in [3.8, 4) is 0 Å². The molecule has 1 aromatic rings. The zero-order valence-corrected chi connectivity index (χ0v) is 9.40. The van der Waals surface area contributed by atoms with Gasteiger partial charge in [0.1, 0.15) is 12.5 Å². The van der Waals surface area contributed by atoms with Crippen LogP contribution < -0.4 is 0 Å². The van der Waals surface area contributed by atoms with Gasteiger partial charge in [-0.25, -0.2) is 9.78 Å². The summed E-state index contributed by atoms with van der Waals surface area (Å²) in [7, 11) is 0. The molecule has 1 aromatic heterocycles. The molecule has 1 atom stereocenters. The molecular weight excluding hydrogens is 221 g/mol. The van der Waals surface area contributed by atoms with Crippen molar-refractivity contribution in [2.75, 3.05) is 0 Å². The molecule has 12 heavy (non-hydrogen) atoms. The molecule has 0 radical (unpaired) electrons. The molecule has 1 heterocycles. The Hall–Kier alpha value is -1.15. The van der Waals surface area contributed by atoms with E-state index in [1.165, 1.54) is 12.3 Å². The fourth-order valence-electron chi connectivity index (χ4n) is 0.489. The molecule has 0 aliphatic carbocycles. The SMILES string of the molecule is C=O.O=C(O)c1ccccn1.[AsH3]. The average molecular weight is 231 g/mol. The maximum absolute atomic E-state index is 10.1.